The number of hydrogen-bond acceptors (Lipinski definition) is 0. The van der Waals surface area contributed by atoms with Crippen molar-refractivity contribution in [3.05, 3.63) is 35.4 Å². The number of benzene rings is 1. The normalized spacial score (nSPS) is 15.8. The van der Waals surface area contributed by atoms with Crippen LogP contribution in [-0.2, 0) is 12.6 Å². The Hall–Kier alpha value is -0.700. The molecule has 18 heavy (non-hydrogen) atoms. The van der Waals surface area contributed by atoms with Crippen LogP contribution in [0, 0.1) is 11.3 Å². The van der Waals surface area contributed by atoms with E-state index >= 15 is 0 Å². The molecule has 0 aromatic heterocycles. The van der Waals surface area contributed by atoms with Crippen LogP contribution in [0.25, 0.3) is 0 Å². The van der Waals surface area contributed by atoms with Crippen LogP contribution in [0.15, 0.2) is 24.3 Å². The van der Waals surface area contributed by atoms with E-state index in [1.54, 1.807) is 6.07 Å². The molecule has 0 amide bonds. The summed E-state index contributed by atoms with van der Waals surface area (Å²) >= 11 is 5.94. The first-order chi connectivity index (χ1) is 8.20. The lowest BCUT2D eigenvalue weighted by Crippen LogP contribution is -2.29. The Kier molecular flexibility index (Phi) is 4.71. The molecule has 0 radical (unpaired) electrons. The van der Waals surface area contributed by atoms with Crippen molar-refractivity contribution in [1.29, 1.82) is 0 Å². The minimum atomic E-state index is -4.30. The van der Waals surface area contributed by atoms with E-state index in [4.69, 9.17) is 11.6 Å². The second-order valence-electron chi connectivity index (χ2n) is 5.27. The average molecular weight is 279 g/mol. The highest BCUT2D eigenvalue weighted by Crippen LogP contribution is 2.38. The van der Waals surface area contributed by atoms with Crippen molar-refractivity contribution in [2.45, 2.75) is 33.4 Å². The largest absolute Gasteiger partial charge is 0.416 e. The third-order valence-electron chi connectivity index (χ3n) is 3.62. The van der Waals surface area contributed by atoms with Crippen LogP contribution in [0.5, 0.6) is 0 Å². The molecule has 0 nitrogen and oxygen atoms in total. The molecule has 0 aliphatic heterocycles. The third kappa shape index (κ3) is 3.41. The van der Waals surface area contributed by atoms with Crippen molar-refractivity contribution in [3.63, 3.8) is 0 Å². The van der Waals surface area contributed by atoms with Gasteiger partial charge in [-0.3, -0.25) is 0 Å². The second-order valence-corrected chi connectivity index (χ2v) is 5.54. The standard InChI is InChI=1S/C14H18ClF3/c1-10(2)13(3,9-15)8-11-6-4-5-7-12(11)14(16,17)18/h4-7,10H,8-9H2,1-3H3. The summed E-state index contributed by atoms with van der Waals surface area (Å²) in [5.41, 5.74) is -0.563. The van der Waals surface area contributed by atoms with Gasteiger partial charge in [0.1, 0.15) is 0 Å². The maximum absolute atomic E-state index is 12.9. The minimum absolute atomic E-state index is 0.219. The lowest BCUT2D eigenvalue weighted by molar-refractivity contribution is -0.138. The van der Waals surface area contributed by atoms with Crippen molar-refractivity contribution >= 4 is 11.6 Å². The maximum Gasteiger partial charge on any atom is 0.416 e. The summed E-state index contributed by atoms with van der Waals surface area (Å²) in [6, 6.07) is 5.72. The molecule has 0 saturated heterocycles. The van der Waals surface area contributed by atoms with Gasteiger partial charge in [-0.2, -0.15) is 13.2 Å². The van der Waals surface area contributed by atoms with Crippen molar-refractivity contribution < 1.29 is 13.2 Å². The number of hydrogen-bond donors (Lipinski definition) is 0. The quantitative estimate of drug-likeness (QED) is 0.668. The van der Waals surface area contributed by atoms with Crippen LogP contribution in [0.1, 0.15) is 31.9 Å². The zero-order chi connectivity index (χ0) is 14.0. The molecule has 0 fully saturated rings. The topological polar surface area (TPSA) is 0 Å². The summed E-state index contributed by atoms with van der Waals surface area (Å²) in [5.74, 6) is 0.563. The Morgan fingerprint density at radius 3 is 2.17 bits per heavy atom. The zero-order valence-electron chi connectivity index (χ0n) is 10.8. The van der Waals surface area contributed by atoms with Gasteiger partial charge >= 0.3 is 6.18 Å². The summed E-state index contributed by atoms with van der Waals surface area (Å²) in [6.07, 6.45) is -3.97. The Bertz CT molecular complexity index is 398. The highest BCUT2D eigenvalue weighted by Gasteiger charge is 2.36. The molecule has 0 heterocycles. The predicted molar refractivity (Wildman–Crippen MR) is 68.8 cm³/mol. The lowest BCUT2D eigenvalue weighted by Gasteiger charge is -2.32. The van der Waals surface area contributed by atoms with Crippen LogP contribution in [0.3, 0.4) is 0 Å². The molecular formula is C14H18ClF3. The van der Waals surface area contributed by atoms with E-state index in [0.29, 0.717) is 17.9 Å². The van der Waals surface area contributed by atoms with E-state index in [-0.39, 0.29) is 11.3 Å². The molecule has 1 atom stereocenters. The van der Waals surface area contributed by atoms with Crippen LogP contribution >= 0.6 is 11.6 Å². The third-order valence-corrected chi connectivity index (χ3v) is 4.23. The Morgan fingerprint density at radius 1 is 1.17 bits per heavy atom. The molecule has 0 bridgehead atoms. The highest BCUT2D eigenvalue weighted by atomic mass is 35.5. The van der Waals surface area contributed by atoms with Gasteiger partial charge in [0.15, 0.2) is 0 Å². The van der Waals surface area contributed by atoms with E-state index < -0.39 is 11.7 Å². The van der Waals surface area contributed by atoms with E-state index in [2.05, 4.69) is 0 Å². The van der Waals surface area contributed by atoms with E-state index in [1.165, 1.54) is 12.1 Å². The predicted octanol–water partition coefficient (Wildman–Crippen LogP) is 5.15. The van der Waals surface area contributed by atoms with E-state index in [1.807, 2.05) is 20.8 Å². The fourth-order valence-electron chi connectivity index (χ4n) is 1.79. The second kappa shape index (κ2) is 5.52. The number of alkyl halides is 4. The molecule has 1 unspecified atom stereocenters. The van der Waals surface area contributed by atoms with Crippen molar-refractivity contribution in [1.82, 2.24) is 0 Å². The van der Waals surface area contributed by atoms with Crippen molar-refractivity contribution in [2.75, 3.05) is 5.88 Å². The van der Waals surface area contributed by atoms with Gasteiger partial charge in [0.05, 0.1) is 5.56 Å². The molecule has 4 heteroatoms. The van der Waals surface area contributed by atoms with Crippen LogP contribution in [0.2, 0.25) is 0 Å². The fraction of sp³-hybridized carbons (Fsp3) is 0.571. The van der Waals surface area contributed by atoms with Crippen molar-refractivity contribution in [2.24, 2.45) is 11.3 Å². The summed E-state index contributed by atoms with van der Waals surface area (Å²) in [6.45, 7) is 5.90. The highest BCUT2D eigenvalue weighted by molar-refractivity contribution is 6.18. The van der Waals surface area contributed by atoms with E-state index in [9.17, 15) is 13.2 Å². The molecule has 0 spiro atoms. The summed E-state index contributed by atoms with van der Waals surface area (Å²) in [4.78, 5) is 0. The lowest BCUT2D eigenvalue weighted by atomic mass is 9.75. The minimum Gasteiger partial charge on any atom is -0.166 e. The molecule has 1 aromatic carbocycles. The van der Waals surface area contributed by atoms with Gasteiger partial charge in [-0.05, 0) is 29.4 Å². The maximum atomic E-state index is 12.9. The SMILES string of the molecule is CC(C)C(C)(CCl)Cc1ccccc1C(F)(F)F. The molecule has 102 valence electrons. The first kappa shape index (κ1) is 15.4. The Labute approximate surface area is 111 Å². The van der Waals surface area contributed by atoms with Crippen LogP contribution in [-0.4, -0.2) is 5.88 Å². The molecule has 0 aliphatic carbocycles. The van der Waals surface area contributed by atoms with Crippen molar-refractivity contribution in [3.8, 4) is 0 Å². The number of halogens is 4. The molecule has 1 rings (SSSR count). The van der Waals surface area contributed by atoms with Crippen LogP contribution in [0.4, 0.5) is 13.2 Å². The monoisotopic (exact) mass is 278 g/mol. The van der Waals surface area contributed by atoms with Gasteiger partial charge in [-0.15, -0.1) is 11.6 Å². The Morgan fingerprint density at radius 2 is 1.72 bits per heavy atom. The average Bonchev–Trinajstić information content (AvgIpc) is 2.28. The zero-order valence-corrected chi connectivity index (χ0v) is 11.6. The molecule has 1 aromatic rings. The van der Waals surface area contributed by atoms with Crippen LogP contribution < -0.4 is 0 Å². The Balaban J connectivity index is 3.12. The van der Waals surface area contributed by atoms with Gasteiger partial charge < -0.3 is 0 Å². The first-order valence-corrected chi connectivity index (χ1v) is 6.45. The molecule has 0 N–H and O–H groups in total. The summed E-state index contributed by atoms with van der Waals surface area (Å²) in [7, 11) is 0. The molecular weight excluding hydrogens is 261 g/mol. The van der Waals surface area contributed by atoms with E-state index in [0.717, 1.165) is 6.07 Å². The van der Waals surface area contributed by atoms with Gasteiger partial charge in [-0.25, -0.2) is 0 Å². The fourth-order valence-corrected chi connectivity index (χ4v) is 2.19. The first-order valence-electron chi connectivity index (χ1n) is 5.92. The van der Waals surface area contributed by atoms with Gasteiger partial charge in [-0.1, -0.05) is 39.0 Å². The van der Waals surface area contributed by atoms with Gasteiger partial charge in [0.2, 0.25) is 0 Å². The molecule has 0 aliphatic rings. The molecule has 0 saturated carbocycles. The summed E-state index contributed by atoms with van der Waals surface area (Å²) in [5, 5.41) is 0. The summed E-state index contributed by atoms with van der Waals surface area (Å²) < 4.78 is 38.7. The smallest absolute Gasteiger partial charge is 0.166 e. The number of rotatable bonds is 4. The van der Waals surface area contributed by atoms with Gasteiger partial charge in [0.25, 0.3) is 0 Å². The van der Waals surface area contributed by atoms with Gasteiger partial charge in [0, 0.05) is 5.88 Å².